The van der Waals surface area contributed by atoms with Gasteiger partial charge >= 0.3 is 5.97 Å². The van der Waals surface area contributed by atoms with Gasteiger partial charge in [0.25, 0.3) is 5.69 Å². The largest absolute Gasteiger partial charge is 0.478 e. The van der Waals surface area contributed by atoms with Crippen LogP contribution in [0.15, 0.2) is 42.6 Å². The minimum absolute atomic E-state index is 0.0669. The number of rotatable bonds is 4. The van der Waals surface area contributed by atoms with Crippen molar-refractivity contribution in [1.29, 1.82) is 0 Å². The molecular formula is C12H8N2O5. The topological polar surface area (TPSA) is 103 Å². The summed E-state index contributed by atoms with van der Waals surface area (Å²) in [6, 6.07) is 8.07. The van der Waals surface area contributed by atoms with Gasteiger partial charge in [0, 0.05) is 12.3 Å². The van der Waals surface area contributed by atoms with E-state index in [1.54, 1.807) is 0 Å². The highest BCUT2D eigenvalue weighted by Crippen LogP contribution is 2.22. The number of aromatic carboxylic acids is 1. The first kappa shape index (κ1) is 12.5. The average Bonchev–Trinajstić information content (AvgIpc) is 2.39. The molecule has 0 spiro atoms. The molecule has 0 aliphatic rings. The Labute approximate surface area is 107 Å². The Morgan fingerprint density at radius 2 is 1.95 bits per heavy atom. The third-order valence-corrected chi connectivity index (χ3v) is 2.25. The van der Waals surface area contributed by atoms with E-state index in [1.165, 1.54) is 42.6 Å². The number of carbonyl (C=O) groups is 1. The predicted octanol–water partition coefficient (Wildman–Crippen LogP) is 2.48. The minimum Gasteiger partial charge on any atom is -0.478 e. The summed E-state index contributed by atoms with van der Waals surface area (Å²) < 4.78 is 5.30. The lowest BCUT2D eigenvalue weighted by Gasteiger charge is -2.04. The van der Waals surface area contributed by atoms with E-state index < -0.39 is 10.9 Å². The van der Waals surface area contributed by atoms with E-state index in [4.69, 9.17) is 9.84 Å². The van der Waals surface area contributed by atoms with Gasteiger partial charge in [-0.3, -0.25) is 10.1 Å². The molecule has 7 nitrogen and oxygen atoms in total. The zero-order valence-corrected chi connectivity index (χ0v) is 9.52. The van der Waals surface area contributed by atoms with Crippen molar-refractivity contribution >= 4 is 11.7 Å². The van der Waals surface area contributed by atoms with Gasteiger partial charge in [0.05, 0.1) is 16.6 Å². The zero-order chi connectivity index (χ0) is 13.8. The summed E-state index contributed by atoms with van der Waals surface area (Å²) in [6.45, 7) is 0. The van der Waals surface area contributed by atoms with Crippen molar-refractivity contribution in [2.24, 2.45) is 0 Å². The van der Waals surface area contributed by atoms with Crippen LogP contribution in [0, 0.1) is 10.1 Å². The van der Waals surface area contributed by atoms with Crippen molar-refractivity contribution in [2.45, 2.75) is 0 Å². The quantitative estimate of drug-likeness (QED) is 0.669. The third kappa shape index (κ3) is 3.03. The molecule has 1 heterocycles. The van der Waals surface area contributed by atoms with E-state index in [0.717, 1.165) is 0 Å². The Morgan fingerprint density at radius 3 is 2.53 bits per heavy atom. The molecule has 0 saturated heterocycles. The lowest BCUT2D eigenvalue weighted by Crippen LogP contribution is -1.96. The Balaban J connectivity index is 2.19. The summed E-state index contributed by atoms with van der Waals surface area (Å²) in [5.41, 5.74) is -0.00786. The Kier molecular flexibility index (Phi) is 3.37. The number of benzene rings is 1. The van der Waals surface area contributed by atoms with Crippen LogP contribution in [0.1, 0.15) is 10.4 Å². The number of nitrogens with zero attached hydrogens (tertiary/aromatic N) is 2. The molecule has 2 aromatic rings. The maximum absolute atomic E-state index is 10.7. The predicted molar refractivity (Wildman–Crippen MR) is 64.4 cm³/mol. The highest BCUT2D eigenvalue weighted by Gasteiger charge is 2.08. The first-order valence-corrected chi connectivity index (χ1v) is 5.18. The number of nitro groups is 1. The molecule has 0 amide bonds. The monoisotopic (exact) mass is 260 g/mol. The summed E-state index contributed by atoms with van der Waals surface area (Å²) in [5.74, 6) is -0.629. The van der Waals surface area contributed by atoms with E-state index in [0.29, 0.717) is 5.75 Å². The number of ether oxygens (including phenoxy) is 1. The van der Waals surface area contributed by atoms with Gasteiger partial charge in [0.2, 0.25) is 5.88 Å². The molecule has 0 aliphatic heterocycles. The second-order valence-corrected chi connectivity index (χ2v) is 3.54. The van der Waals surface area contributed by atoms with Crippen molar-refractivity contribution in [1.82, 2.24) is 4.98 Å². The third-order valence-electron chi connectivity index (χ3n) is 2.25. The SMILES string of the molecule is O=C(O)c1ccc(Oc2cc([N+](=O)[O-])ccn2)cc1. The molecule has 0 atom stereocenters. The second kappa shape index (κ2) is 5.13. The lowest BCUT2D eigenvalue weighted by atomic mass is 10.2. The number of carboxylic acid groups (broad SMARTS) is 1. The van der Waals surface area contributed by atoms with Gasteiger partial charge in [-0.15, -0.1) is 0 Å². The standard InChI is InChI=1S/C12H8N2O5/c15-12(16)8-1-3-10(4-2-8)19-11-7-9(14(17)18)5-6-13-11/h1-7H,(H,15,16). The fraction of sp³-hybridized carbons (Fsp3) is 0. The highest BCUT2D eigenvalue weighted by atomic mass is 16.6. The van der Waals surface area contributed by atoms with Gasteiger partial charge in [-0.1, -0.05) is 0 Å². The van der Waals surface area contributed by atoms with Gasteiger partial charge in [0.1, 0.15) is 5.75 Å². The second-order valence-electron chi connectivity index (χ2n) is 3.54. The Morgan fingerprint density at radius 1 is 1.26 bits per heavy atom. The fourth-order valence-corrected chi connectivity index (χ4v) is 1.35. The minimum atomic E-state index is -1.04. The molecule has 0 aliphatic carbocycles. The van der Waals surface area contributed by atoms with Crippen LogP contribution in [0.25, 0.3) is 0 Å². The van der Waals surface area contributed by atoms with Crippen LogP contribution in [-0.2, 0) is 0 Å². The van der Waals surface area contributed by atoms with E-state index in [9.17, 15) is 14.9 Å². The normalized spacial score (nSPS) is 9.89. The Hall–Kier alpha value is -2.96. The Bertz CT molecular complexity index is 624. The molecule has 0 saturated carbocycles. The van der Waals surface area contributed by atoms with Crippen molar-refractivity contribution in [2.75, 3.05) is 0 Å². The molecule has 0 unspecified atom stereocenters. The molecule has 1 aromatic heterocycles. The average molecular weight is 260 g/mol. The number of pyridine rings is 1. The van der Waals surface area contributed by atoms with Crippen molar-refractivity contribution in [3.05, 3.63) is 58.3 Å². The van der Waals surface area contributed by atoms with Crippen LogP contribution < -0.4 is 4.74 Å². The number of hydrogen-bond acceptors (Lipinski definition) is 5. The fourth-order valence-electron chi connectivity index (χ4n) is 1.35. The van der Waals surface area contributed by atoms with Crippen molar-refractivity contribution in [3.8, 4) is 11.6 Å². The van der Waals surface area contributed by atoms with E-state index in [-0.39, 0.29) is 17.1 Å². The number of carboxylic acids is 1. The first-order valence-electron chi connectivity index (χ1n) is 5.18. The molecule has 0 radical (unpaired) electrons. The van der Waals surface area contributed by atoms with E-state index >= 15 is 0 Å². The maximum atomic E-state index is 10.7. The molecule has 1 N–H and O–H groups in total. The number of aromatic nitrogens is 1. The highest BCUT2D eigenvalue weighted by molar-refractivity contribution is 5.87. The first-order chi connectivity index (χ1) is 9.06. The number of hydrogen-bond donors (Lipinski definition) is 1. The van der Waals surface area contributed by atoms with Gasteiger partial charge in [-0.2, -0.15) is 0 Å². The molecular weight excluding hydrogens is 252 g/mol. The molecule has 1 aromatic carbocycles. The van der Waals surface area contributed by atoms with E-state index in [2.05, 4.69) is 4.98 Å². The van der Waals surface area contributed by atoms with Crippen LogP contribution in [0.4, 0.5) is 5.69 Å². The summed E-state index contributed by atoms with van der Waals surface area (Å²) in [6.07, 6.45) is 1.26. The summed E-state index contributed by atoms with van der Waals surface area (Å²) in [4.78, 5) is 24.5. The molecule has 0 bridgehead atoms. The zero-order valence-electron chi connectivity index (χ0n) is 9.52. The van der Waals surface area contributed by atoms with Gasteiger partial charge in [-0.05, 0) is 24.3 Å². The van der Waals surface area contributed by atoms with Crippen LogP contribution in [0.5, 0.6) is 11.6 Å². The van der Waals surface area contributed by atoms with Gasteiger partial charge in [-0.25, -0.2) is 9.78 Å². The van der Waals surface area contributed by atoms with Crippen molar-refractivity contribution in [3.63, 3.8) is 0 Å². The molecule has 96 valence electrons. The molecule has 7 heteroatoms. The summed E-state index contributed by atoms with van der Waals surface area (Å²) in [7, 11) is 0. The maximum Gasteiger partial charge on any atom is 0.335 e. The van der Waals surface area contributed by atoms with E-state index in [1.807, 2.05) is 0 Å². The molecule has 19 heavy (non-hydrogen) atoms. The van der Waals surface area contributed by atoms with Gasteiger partial charge < -0.3 is 9.84 Å². The van der Waals surface area contributed by atoms with Crippen LogP contribution in [0.2, 0.25) is 0 Å². The van der Waals surface area contributed by atoms with Crippen LogP contribution >= 0.6 is 0 Å². The summed E-state index contributed by atoms with van der Waals surface area (Å²) in [5, 5.41) is 19.3. The van der Waals surface area contributed by atoms with Crippen molar-refractivity contribution < 1.29 is 19.6 Å². The smallest absolute Gasteiger partial charge is 0.335 e. The van der Waals surface area contributed by atoms with Gasteiger partial charge in [0.15, 0.2) is 0 Å². The lowest BCUT2D eigenvalue weighted by molar-refractivity contribution is -0.385. The molecule has 2 rings (SSSR count). The van der Waals surface area contributed by atoms with Crippen LogP contribution in [0.3, 0.4) is 0 Å². The van der Waals surface area contributed by atoms with Crippen LogP contribution in [-0.4, -0.2) is 21.0 Å². The summed E-state index contributed by atoms with van der Waals surface area (Å²) >= 11 is 0. The molecule has 0 fully saturated rings.